The van der Waals surface area contributed by atoms with Gasteiger partial charge in [-0.2, -0.15) is 0 Å². The van der Waals surface area contributed by atoms with E-state index in [0.29, 0.717) is 0 Å². The summed E-state index contributed by atoms with van der Waals surface area (Å²) < 4.78 is 2.20. The van der Waals surface area contributed by atoms with E-state index in [0.717, 1.165) is 24.5 Å². The number of aromatic nitrogens is 2. The molecule has 0 aliphatic heterocycles. The third-order valence-corrected chi connectivity index (χ3v) is 2.25. The molecule has 0 saturated heterocycles. The topological polar surface area (TPSA) is 17.8 Å². The lowest BCUT2D eigenvalue weighted by atomic mass is 10.2. The molecule has 0 unspecified atom stereocenters. The predicted molar refractivity (Wildman–Crippen MR) is 62.1 cm³/mol. The molecule has 0 amide bonds. The highest BCUT2D eigenvalue weighted by atomic mass is 15.1. The number of hydrogen-bond donors (Lipinski definition) is 0. The van der Waals surface area contributed by atoms with Crippen LogP contribution in [-0.4, -0.2) is 9.55 Å². The van der Waals surface area contributed by atoms with Gasteiger partial charge in [0.25, 0.3) is 0 Å². The SMILES string of the molecule is C=Cc1nc(C)n(CC)c1/C=C\CC. The van der Waals surface area contributed by atoms with Crippen molar-refractivity contribution in [3.63, 3.8) is 0 Å². The molecular formula is C12H18N2. The molecule has 0 saturated carbocycles. The third kappa shape index (κ3) is 1.95. The highest BCUT2D eigenvalue weighted by Gasteiger charge is 2.07. The maximum absolute atomic E-state index is 4.45. The molecule has 76 valence electrons. The van der Waals surface area contributed by atoms with E-state index in [1.54, 1.807) is 0 Å². The van der Waals surface area contributed by atoms with Crippen molar-refractivity contribution < 1.29 is 0 Å². The van der Waals surface area contributed by atoms with E-state index in [-0.39, 0.29) is 0 Å². The Morgan fingerprint density at radius 3 is 2.64 bits per heavy atom. The molecule has 0 aliphatic carbocycles. The molecule has 2 nitrogen and oxygen atoms in total. The minimum Gasteiger partial charge on any atom is -0.329 e. The normalized spacial score (nSPS) is 11.1. The summed E-state index contributed by atoms with van der Waals surface area (Å²) in [6.07, 6.45) is 7.13. The Morgan fingerprint density at radius 2 is 2.14 bits per heavy atom. The van der Waals surface area contributed by atoms with Crippen molar-refractivity contribution >= 4 is 12.2 Å². The Bertz CT molecular complexity index is 345. The van der Waals surface area contributed by atoms with E-state index < -0.39 is 0 Å². The van der Waals surface area contributed by atoms with Gasteiger partial charge in [0.05, 0.1) is 11.4 Å². The largest absolute Gasteiger partial charge is 0.329 e. The first-order valence-corrected chi connectivity index (χ1v) is 5.10. The average Bonchev–Trinajstić information content (AvgIpc) is 2.50. The van der Waals surface area contributed by atoms with Crippen molar-refractivity contribution in [1.82, 2.24) is 9.55 Å². The summed E-state index contributed by atoms with van der Waals surface area (Å²) in [6, 6.07) is 0. The molecule has 0 bridgehead atoms. The summed E-state index contributed by atoms with van der Waals surface area (Å²) in [6.45, 7) is 11.0. The highest BCUT2D eigenvalue weighted by molar-refractivity contribution is 5.59. The summed E-state index contributed by atoms with van der Waals surface area (Å²) >= 11 is 0. The molecule has 1 aromatic rings. The molecule has 0 radical (unpaired) electrons. The summed E-state index contributed by atoms with van der Waals surface area (Å²) in [5, 5.41) is 0. The maximum Gasteiger partial charge on any atom is 0.106 e. The van der Waals surface area contributed by atoms with Crippen LogP contribution in [0.4, 0.5) is 0 Å². The van der Waals surface area contributed by atoms with Gasteiger partial charge in [0, 0.05) is 6.54 Å². The lowest BCUT2D eigenvalue weighted by Gasteiger charge is -2.03. The Kier molecular flexibility index (Phi) is 3.69. The first-order chi connectivity index (χ1) is 6.74. The van der Waals surface area contributed by atoms with E-state index in [1.165, 1.54) is 5.69 Å². The predicted octanol–water partition coefficient (Wildman–Crippen LogP) is 3.28. The molecule has 0 aromatic carbocycles. The second-order valence-electron chi connectivity index (χ2n) is 3.19. The molecule has 1 heterocycles. The molecule has 2 heteroatoms. The molecule has 14 heavy (non-hydrogen) atoms. The molecule has 1 aromatic heterocycles. The summed E-state index contributed by atoms with van der Waals surface area (Å²) in [5.74, 6) is 1.05. The fourth-order valence-corrected chi connectivity index (χ4v) is 1.56. The first-order valence-electron chi connectivity index (χ1n) is 5.10. The van der Waals surface area contributed by atoms with Gasteiger partial charge in [-0.3, -0.25) is 0 Å². The minimum absolute atomic E-state index is 0.954. The fourth-order valence-electron chi connectivity index (χ4n) is 1.56. The van der Waals surface area contributed by atoms with Gasteiger partial charge in [0.1, 0.15) is 5.82 Å². The standard InChI is InChI=1S/C12H18N2/c1-5-8-9-12-11(6-2)13-10(4)14(12)7-3/h6,8-9H,2,5,7H2,1,3-4H3/b9-8-. The van der Waals surface area contributed by atoms with Gasteiger partial charge in [-0.1, -0.05) is 19.6 Å². The van der Waals surface area contributed by atoms with Gasteiger partial charge in [-0.15, -0.1) is 0 Å². The number of nitrogens with zero attached hydrogens (tertiary/aromatic N) is 2. The van der Waals surface area contributed by atoms with Crippen molar-refractivity contribution in [2.24, 2.45) is 0 Å². The minimum atomic E-state index is 0.954. The quantitative estimate of drug-likeness (QED) is 0.712. The Labute approximate surface area is 86.0 Å². The fraction of sp³-hybridized carbons (Fsp3) is 0.417. The molecule has 0 fully saturated rings. The van der Waals surface area contributed by atoms with Gasteiger partial charge in [0.2, 0.25) is 0 Å². The van der Waals surface area contributed by atoms with Crippen LogP contribution in [0, 0.1) is 6.92 Å². The summed E-state index contributed by atoms with van der Waals surface area (Å²) in [5.41, 5.74) is 2.15. The van der Waals surface area contributed by atoms with Crippen molar-refractivity contribution in [2.45, 2.75) is 33.7 Å². The van der Waals surface area contributed by atoms with E-state index in [1.807, 2.05) is 13.0 Å². The van der Waals surface area contributed by atoms with Crippen LogP contribution in [0.25, 0.3) is 12.2 Å². The zero-order valence-electron chi connectivity index (χ0n) is 9.25. The van der Waals surface area contributed by atoms with Gasteiger partial charge >= 0.3 is 0 Å². The van der Waals surface area contributed by atoms with Gasteiger partial charge < -0.3 is 4.57 Å². The van der Waals surface area contributed by atoms with Gasteiger partial charge in [0.15, 0.2) is 0 Å². The van der Waals surface area contributed by atoms with Crippen LogP contribution in [-0.2, 0) is 6.54 Å². The summed E-state index contributed by atoms with van der Waals surface area (Å²) in [7, 11) is 0. The van der Waals surface area contributed by atoms with Crippen LogP contribution < -0.4 is 0 Å². The smallest absolute Gasteiger partial charge is 0.106 e. The number of aryl methyl sites for hydroxylation is 1. The number of hydrogen-bond acceptors (Lipinski definition) is 1. The molecule has 0 N–H and O–H groups in total. The molecule has 0 spiro atoms. The van der Waals surface area contributed by atoms with Crippen molar-refractivity contribution in [3.8, 4) is 0 Å². The van der Waals surface area contributed by atoms with Gasteiger partial charge in [-0.25, -0.2) is 4.98 Å². The maximum atomic E-state index is 4.45. The number of allylic oxidation sites excluding steroid dienone is 1. The van der Waals surface area contributed by atoms with E-state index in [9.17, 15) is 0 Å². The number of imidazole rings is 1. The first kappa shape index (κ1) is 10.8. The van der Waals surface area contributed by atoms with Crippen LogP contribution in [0.5, 0.6) is 0 Å². The zero-order valence-corrected chi connectivity index (χ0v) is 9.25. The van der Waals surface area contributed by atoms with Crippen LogP contribution in [0.3, 0.4) is 0 Å². The Morgan fingerprint density at radius 1 is 1.43 bits per heavy atom. The van der Waals surface area contributed by atoms with Gasteiger partial charge in [-0.05, 0) is 32.4 Å². The van der Waals surface area contributed by atoms with Crippen molar-refractivity contribution in [3.05, 3.63) is 29.9 Å². The van der Waals surface area contributed by atoms with E-state index in [4.69, 9.17) is 0 Å². The van der Waals surface area contributed by atoms with Crippen LogP contribution >= 0.6 is 0 Å². The van der Waals surface area contributed by atoms with E-state index >= 15 is 0 Å². The number of rotatable bonds is 4. The monoisotopic (exact) mass is 190 g/mol. The third-order valence-electron chi connectivity index (χ3n) is 2.25. The van der Waals surface area contributed by atoms with Crippen molar-refractivity contribution in [2.75, 3.05) is 0 Å². The highest BCUT2D eigenvalue weighted by Crippen LogP contribution is 2.14. The lowest BCUT2D eigenvalue weighted by Crippen LogP contribution is -1.99. The Balaban J connectivity index is 3.20. The molecule has 0 atom stereocenters. The molecular weight excluding hydrogens is 172 g/mol. The zero-order chi connectivity index (χ0) is 10.6. The molecule has 1 rings (SSSR count). The van der Waals surface area contributed by atoms with Crippen LogP contribution in [0.15, 0.2) is 12.7 Å². The molecule has 0 aliphatic rings. The van der Waals surface area contributed by atoms with E-state index in [2.05, 4.69) is 42.1 Å². The van der Waals surface area contributed by atoms with Crippen molar-refractivity contribution in [1.29, 1.82) is 0 Å². The second-order valence-corrected chi connectivity index (χ2v) is 3.19. The average molecular weight is 190 g/mol. The van der Waals surface area contributed by atoms with Crippen LogP contribution in [0.2, 0.25) is 0 Å². The Hall–Kier alpha value is -1.31. The second kappa shape index (κ2) is 4.80. The lowest BCUT2D eigenvalue weighted by molar-refractivity contribution is 0.724. The van der Waals surface area contributed by atoms with Crippen LogP contribution in [0.1, 0.15) is 37.5 Å². The summed E-state index contributed by atoms with van der Waals surface area (Å²) in [4.78, 5) is 4.45.